The molecule has 0 bridgehead atoms. The van der Waals surface area contributed by atoms with Crippen LogP contribution < -0.4 is 5.32 Å². The van der Waals surface area contributed by atoms with Crippen molar-refractivity contribution in [3.8, 4) is 0 Å². The molecular formula is C21H21NO4. The maximum Gasteiger partial charge on any atom is 0.310 e. The molecule has 1 aliphatic rings. The van der Waals surface area contributed by atoms with E-state index in [0.717, 1.165) is 6.42 Å². The summed E-state index contributed by atoms with van der Waals surface area (Å²) in [4.78, 5) is 36.5. The van der Waals surface area contributed by atoms with Crippen LogP contribution in [0.1, 0.15) is 42.3 Å². The molecule has 0 heterocycles. The van der Waals surface area contributed by atoms with Gasteiger partial charge in [0.1, 0.15) is 0 Å². The SMILES string of the molecule is CC(=O)c1cccc(NC(=O)C(OC(=O)C2CC2C)c2ccccc2)c1. The van der Waals surface area contributed by atoms with Crippen molar-refractivity contribution in [2.45, 2.75) is 26.4 Å². The Bertz CT molecular complexity index is 831. The van der Waals surface area contributed by atoms with Crippen molar-refractivity contribution in [2.75, 3.05) is 5.32 Å². The zero-order valence-corrected chi connectivity index (χ0v) is 14.8. The minimum Gasteiger partial charge on any atom is -0.447 e. The first-order valence-electron chi connectivity index (χ1n) is 8.63. The van der Waals surface area contributed by atoms with E-state index < -0.39 is 12.0 Å². The van der Waals surface area contributed by atoms with Crippen LogP contribution in [0.4, 0.5) is 5.69 Å². The van der Waals surface area contributed by atoms with E-state index in [1.165, 1.54) is 6.92 Å². The molecule has 1 amide bonds. The summed E-state index contributed by atoms with van der Waals surface area (Å²) in [6.07, 6.45) is -0.236. The van der Waals surface area contributed by atoms with Gasteiger partial charge in [0.15, 0.2) is 5.78 Å². The Kier molecular flexibility index (Phi) is 5.16. The average molecular weight is 351 g/mol. The number of amides is 1. The number of anilines is 1. The van der Waals surface area contributed by atoms with Gasteiger partial charge in [-0.05, 0) is 31.4 Å². The fraction of sp³-hybridized carbons (Fsp3) is 0.286. The number of hydrogen-bond acceptors (Lipinski definition) is 4. The Morgan fingerprint density at radius 1 is 1.08 bits per heavy atom. The molecule has 0 saturated heterocycles. The fourth-order valence-corrected chi connectivity index (χ4v) is 2.78. The molecule has 1 aliphatic carbocycles. The van der Waals surface area contributed by atoms with Gasteiger partial charge in [0.05, 0.1) is 5.92 Å². The number of ether oxygens (including phenoxy) is 1. The summed E-state index contributed by atoms with van der Waals surface area (Å²) in [5.41, 5.74) is 1.59. The van der Waals surface area contributed by atoms with Crippen molar-refractivity contribution in [3.05, 3.63) is 65.7 Å². The third-order valence-electron chi connectivity index (χ3n) is 4.52. The Morgan fingerprint density at radius 2 is 1.77 bits per heavy atom. The van der Waals surface area contributed by atoms with Gasteiger partial charge in [0.25, 0.3) is 5.91 Å². The number of Topliss-reactive ketones (excluding diaryl/α,β-unsaturated/α-hetero) is 1. The maximum atomic E-state index is 12.8. The van der Waals surface area contributed by atoms with E-state index in [-0.39, 0.29) is 17.7 Å². The van der Waals surface area contributed by atoms with Gasteiger partial charge >= 0.3 is 5.97 Å². The highest BCUT2D eigenvalue weighted by Gasteiger charge is 2.42. The van der Waals surface area contributed by atoms with E-state index in [4.69, 9.17) is 4.74 Å². The summed E-state index contributed by atoms with van der Waals surface area (Å²) in [7, 11) is 0. The molecule has 26 heavy (non-hydrogen) atoms. The lowest BCUT2D eigenvalue weighted by molar-refractivity contribution is -0.156. The van der Waals surface area contributed by atoms with Crippen LogP contribution in [0.3, 0.4) is 0 Å². The highest BCUT2D eigenvalue weighted by atomic mass is 16.5. The Balaban J connectivity index is 1.79. The summed E-state index contributed by atoms with van der Waals surface area (Å²) in [5, 5.41) is 2.74. The van der Waals surface area contributed by atoms with Crippen LogP contribution in [-0.2, 0) is 14.3 Å². The van der Waals surface area contributed by atoms with Crippen LogP contribution in [0.5, 0.6) is 0 Å². The van der Waals surface area contributed by atoms with Gasteiger partial charge in [-0.15, -0.1) is 0 Å². The minimum atomic E-state index is -1.03. The second-order valence-electron chi connectivity index (χ2n) is 6.67. The summed E-state index contributed by atoms with van der Waals surface area (Å²) >= 11 is 0. The molecule has 3 atom stereocenters. The molecule has 1 N–H and O–H groups in total. The number of carbonyl (C=O) groups is 3. The maximum absolute atomic E-state index is 12.8. The number of carbonyl (C=O) groups excluding carboxylic acids is 3. The molecule has 0 spiro atoms. The summed E-state index contributed by atoms with van der Waals surface area (Å²) in [6.45, 7) is 3.45. The lowest BCUT2D eigenvalue weighted by Gasteiger charge is -2.18. The minimum absolute atomic E-state index is 0.0881. The van der Waals surface area contributed by atoms with E-state index in [1.54, 1.807) is 48.5 Å². The van der Waals surface area contributed by atoms with Gasteiger partial charge in [0, 0.05) is 16.8 Å². The zero-order chi connectivity index (χ0) is 18.7. The Labute approximate surface area is 152 Å². The smallest absolute Gasteiger partial charge is 0.310 e. The first kappa shape index (κ1) is 17.9. The molecule has 0 aromatic heterocycles. The number of nitrogens with one attached hydrogen (secondary N) is 1. The lowest BCUT2D eigenvalue weighted by atomic mass is 10.1. The molecule has 2 aromatic carbocycles. The van der Waals surface area contributed by atoms with Crippen molar-refractivity contribution in [1.29, 1.82) is 0 Å². The third-order valence-corrected chi connectivity index (χ3v) is 4.52. The van der Waals surface area contributed by atoms with Crippen LogP contribution >= 0.6 is 0 Å². The summed E-state index contributed by atoms with van der Waals surface area (Å²) in [6, 6.07) is 15.6. The van der Waals surface area contributed by atoms with E-state index in [2.05, 4.69) is 5.32 Å². The quantitative estimate of drug-likeness (QED) is 0.635. The molecule has 3 unspecified atom stereocenters. The molecule has 2 aromatic rings. The lowest BCUT2D eigenvalue weighted by Crippen LogP contribution is -2.26. The second-order valence-corrected chi connectivity index (χ2v) is 6.67. The fourth-order valence-electron chi connectivity index (χ4n) is 2.78. The van der Waals surface area contributed by atoms with Gasteiger partial charge in [0.2, 0.25) is 6.10 Å². The predicted octanol–water partition coefficient (Wildman–Crippen LogP) is 3.77. The normalized spacial score (nSPS) is 19.3. The van der Waals surface area contributed by atoms with Crippen LogP contribution in [0.15, 0.2) is 54.6 Å². The topological polar surface area (TPSA) is 72.5 Å². The van der Waals surface area contributed by atoms with Crippen LogP contribution in [0.2, 0.25) is 0 Å². The third kappa shape index (κ3) is 4.17. The molecule has 0 radical (unpaired) electrons. The standard InChI is InChI=1S/C21H21NO4/c1-13-11-18(13)21(25)26-19(15-7-4-3-5-8-15)20(24)22-17-10-6-9-16(12-17)14(2)23/h3-10,12-13,18-19H,11H2,1-2H3,(H,22,24). The molecule has 1 fully saturated rings. The second kappa shape index (κ2) is 7.52. The van der Waals surface area contributed by atoms with Crippen molar-refractivity contribution in [2.24, 2.45) is 11.8 Å². The first-order valence-corrected chi connectivity index (χ1v) is 8.63. The predicted molar refractivity (Wildman–Crippen MR) is 97.6 cm³/mol. The van der Waals surface area contributed by atoms with E-state index in [0.29, 0.717) is 22.7 Å². The number of rotatable bonds is 6. The molecule has 5 nitrogen and oxygen atoms in total. The van der Waals surface area contributed by atoms with Crippen molar-refractivity contribution in [3.63, 3.8) is 0 Å². The largest absolute Gasteiger partial charge is 0.447 e. The number of esters is 1. The highest BCUT2D eigenvalue weighted by Crippen LogP contribution is 2.39. The molecule has 134 valence electrons. The Morgan fingerprint density at radius 3 is 2.38 bits per heavy atom. The number of hydrogen-bond donors (Lipinski definition) is 1. The van der Waals surface area contributed by atoms with Crippen LogP contribution in [-0.4, -0.2) is 17.7 Å². The van der Waals surface area contributed by atoms with Gasteiger partial charge in [-0.3, -0.25) is 14.4 Å². The monoisotopic (exact) mass is 351 g/mol. The van der Waals surface area contributed by atoms with Crippen molar-refractivity contribution < 1.29 is 19.1 Å². The van der Waals surface area contributed by atoms with Crippen molar-refractivity contribution in [1.82, 2.24) is 0 Å². The van der Waals surface area contributed by atoms with Gasteiger partial charge < -0.3 is 10.1 Å². The molecule has 0 aliphatic heterocycles. The van der Waals surface area contributed by atoms with Gasteiger partial charge in [-0.2, -0.15) is 0 Å². The Hall–Kier alpha value is -2.95. The van der Waals surface area contributed by atoms with Gasteiger partial charge in [-0.1, -0.05) is 49.4 Å². The average Bonchev–Trinajstić information content (AvgIpc) is 3.37. The molecule has 5 heteroatoms. The van der Waals surface area contributed by atoms with E-state index in [1.807, 2.05) is 13.0 Å². The highest BCUT2D eigenvalue weighted by molar-refractivity contribution is 5.99. The van der Waals surface area contributed by atoms with Gasteiger partial charge in [-0.25, -0.2) is 0 Å². The number of ketones is 1. The van der Waals surface area contributed by atoms with Crippen LogP contribution in [0.25, 0.3) is 0 Å². The molecular weight excluding hydrogens is 330 g/mol. The zero-order valence-electron chi connectivity index (χ0n) is 14.8. The first-order chi connectivity index (χ1) is 12.5. The van der Waals surface area contributed by atoms with Crippen LogP contribution in [0, 0.1) is 11.8 Å². The van der Waals surface area contributed by atoms with E-state index in [9.17, 15) is 14.4 Å². The van der Waals surface area contributed by atoms with E-state index >= 15 is 0 Å². The molecule has 1 saturated carbocycles. The summed E-state index contributed by atoms with van der Waals surface area (Å²) < 4.78 is 5.52. The number of benzene rings is 2. The summed E-state index contributed by atoms with van der Waals surface area (Å²) in [5.74, 6) is -0.711. The van der Waals surface area contributed by atoms with Crippen molar-refractivity contribution >= 4 is 23.3 Å². The molecule has 3 rings (SSSR count).